The number of halogens is 1. The van der Waals surface area contributed by atoms with E-state index in [2.05, 4.69) is 10.6 Å². The monoisotopic (exact) mass is 199 g/mol. The molecule has 2 heterocycles. The van der Waals surface area contributed by atoms with Gasteiger partial charge in [0, 0.05) is 24.4 Å². The molecular weight excluding hydrogens is 189 g/mol. The standard InChI is InChI=1S/C8H10FN3S/c1-4-5-3-12(2)8(13)11-7(5)10-6(4)9/h3,7,10H,1-2H3,(H,11,13). The van der Waals surface area contributed by atoms with Gasteiger partial charge in [-0.15, -0.1) is 0 Å². The van der Waals surface area contributed by atoms with Crippen LogP contribution in [0.25, 0.3) is 0 Å². The molecule has 2 N–H and O–H groups in total. The van der Waals surface area contributed by atoms with Crippen molar-refractivity contribution in [2.75, 3.05) is 7.05 Å². The second-order valence-electron chi connectivity index (χ2n) is 3.16. The van der Waals surface area contributed by atoms with Gasteiger partial charge in [-0.2, -0.15) is 4.39 Å². The summed E-state index contributed by atoms with van der Waals surface area (Å²) in [7, 11) is 1.84. The maximum Gasteiger partial charge on any atom is 0.192 e. The van der Waals surface area contributed by atoms with E-state index in [1.807, 2.05) is 13.2 Å². The van der Waals surface area contributed by atoms with Crippen LogP contribution in [0.15, 0.2) is 23.3 Å². The van der Waals surface area contributed by atoms with Crippen molar-refractivity contribution < 1.29 is 4.39 Å². The summed E-state index contributed by atoms with van der Waals surface area (Å²) in [6, 6.07) is 0. The van der Waals surface area contributed by atoms with Gasteiger partial charge in [-0.1, -0.05) is 0 Å². The lowest BCUT2D eigenvalue weighted by Crippen LogP contribution is -2.50. The number of nitrogens with one attached hydrogen (secondary N) is 2. The molecule has 1 atom stereocenters. The Morgan fingerprint density at radius 1 is 1.54 bits per heavy atom. The summed E-state index contributed by atoms with van der Waals surface area (Å²) in [6.45, 7) is 1.75. The molecule has 5 heteroatoms. The molecule has 3 nitrogen and oxygen atoms in total. The van der Waals surface area contributed by atoms with E-state index in [4.69, 9.17) is 12.2 Å². The molecule has 0 spiro atoms. The van der Waals surface area contributed by atoms with Crippen LogP contribution >= 0.6 is 12.2 Å². The Hall–Kier alpha value is -1.10. The zero-order chi connectivity index (χ0) is 9.59. The number of hydrogen-bond acceptors (Lipinski definition) is 2. The van der Waals surface area contributed by atoms with E-state index in [-0.39, 0.29) is 12.1 Å². The first-order valence-corrected chi connectivity index (χ1v) is 4.39. The molecule has 0 amide bonds. The normalized spacial score (nSPS) is 26.7. The Morgan fingerprint density at radius 2 is 2.23 bits per heavy atom. The zero-order valence-corrected chi connectivity index (χ0v) is 8.20. The second-order valence-corrected chi connectivity index (χ2v) is 3.55. The van der Waals surface area contributed by atoms with Gasteiger partial charge in [0.1, 0.15) is 6.17 Å². The van der Waals surface area contributed by atoms with Crippen LogP contribution in [-0.4, -0.2) is 23.2 Å². The molecule has 0 fully saturated rings. The fourth-order valence-electron chi connectivity index (χ4n) is 1.43. The van der Waals surface area contributed by atoms with Crippen LogP contribution in [0.4, 0.5) is 4.39 Å². The largest absolute Gasteiger partial charge is 0.338 e. The van der Waals surface area contributed by atoms with Gasteiger partial charge in [0.2, 0.25) is 0 Å². The average molecular weight is 199 g/mol. The van der Waals surface area contributed by atoms with Gasteiger partial charge in [-0.05, 0) is 19.1 Å². The van der Waals surface area contributed by atoms with Crippen LogP contribution in [0.3, 0.4) is 0 Å². The fraction of sp³-hybridized carbons (Fsp3) is 0.375. The smallest absolute Gasteiger partial charge is 0.192 e. The molecular formula is C8H10FN3S. The first kappa shape index (κ1) is 8.50. The fourth-order valence-corrected chi connectivity index (χ4v) is 1.60. The van der Waals surface area contributed by atoms with E-state index in [1.165, 1.54) is 0 Å². The van der Waals surface area contributed by atoms with Crippen molar-refractivity contribution in [2.24, 2.45) is 0 Å². The van der Waals surface area contributed by atoms with Crippen LogP contribution in [-0.2, 0) is 0 Å². The molecule has 2 rings (SSSR count). The molecule has 0 aliphatic carbocycles. The lowest BCUT2D eigenvalue weighted by molar-refractivity contribution is 0.488. The van der Waals surface area contributed by atoms with Crippen LogP contribution in [0, 0.1) is 0 Å². The van der Waals surface area contributed by atoms with Gasteiger partial charge < -0.3 is 15.5 Å². The van der Waals surface area contributed by atoms with Crippen LogP contribution in [0.1, 0.15) is 6.92 Å². The molecule has 0 saturated heterocycles. The molecule has 0 radical (unpaired) electrons. The molecule has 70 valence electrons. The van der Waals surface area contributed by atoms with Crippen molar-refractivity contribution in [1.29, 1.82) is 0 Å². The Kier molecular flexibility index (Phi) is 1.76. The summed E-state index contributed by atoms with van der Waals surface area (Å²) in [5.41, 5.74) is 1.56. The van der Waals surface area contributed by atoms with E-state index in [1.54, 1.807) is 11.8 Å². The number of thiocarbonyl (C=S) groups is 1. The highest BCUT2D eigenvalue weighted by atomic mass is 32.1. The maximum absolute atomic E-state index is 13.1. The minimum atomic E-state index is -0.276. The minimum Gasteiger partial charge on any atom is -0.338 e. The van der Waals surface area contributed by atoms with Crippen molar-refractivity contribution in [3.8, 4) is 0 Å². The highest BCUT2D eigenvalue weighted by Crippen LogP contribution is 2.26. The molecule has 0 aromatic heterocycles. The molecule has 2 aliphatic rings. The number of fused-ring (bicyclic) bond motifs is 1. The van der Waals surface area contributed by atoms with Crippen LogP contribution in [0.5, 0.6) is 0 Å². The number of hydrogen-bond donors (Lipinski definition) is 2. The van der Waals surface area contributed by atoms with Crippen molar-refractivity contribution in [3.05, 3.63) is 23.3 Å². The SMILES string of the molecule is CC1=C(F)NC2NC(=S)N(C)C=C12. The predicted octanol–water partition coefficient (Wildman–Crippen LogP) is 0.821. The Balaban J connectivity index is 2.37. The lowest BCUT2D eigenvalue weighted by atomic mass is 10.1. The number of nitrogens with zero attached hydrogens (tertiary/aromatic N) is 1. The Labute approximate surface area is 81.3 Å². The quantitative estimate of drug-likeness (QED) is 0.446. The molecule has 0 bridgehead atoms. The van der Waals surface area contributed by atoms with Gasteiger partial charge in [0.25, 0.3) is 0 Å². The summed E-state index contributed by atoms with van der Waals surface area (Å²) >= 11 is 5.02. The van der Waals surface area contributed by atoms with E-state index in [9.17, 15) is 4.39 Å². The lowest BCUT2D eigenvalue weighted by Gasteiger charge is -2.28. The molecule has 2 aliphatic heterocycles. The third-order valence-electron chi connectivity index (χ3n) is 2.27. The van der Waals surface area contributed by atoms with Crippen molar-refractivity contribution in [1.82, 2.24) is 15.5 Å². The molecule has 0 aromatic carbocycles. The predicted molar refractivity (Wildman–Crippen MR) is 52.3 cm³/mol. The highest BCUT2D eigenvalue weighted by Gasteiger charge is 2.30. The summed E-state index contributed by atoms with van der Waals surface area (Å²) in [4.78, 5) is 1.77. The van der Waals surface area contributed by atoms with Crippen LogP contribution < -0.4 is 10.6 Å². The zero-order valence-electron chi connectivity index (χ0n) is 7.39. The Bertz CT molecular complexity index is 334. The van der Waals surface area contributed by atoms with Gasteiger partial charge in [0.05, 0.1) is 0 Å². The van der Waals surface area contributed by atoms with Gasteiger partial charge >= 0.3 is 0 Å². The summed E-state index contributed by atoms with van der Waals surface area (Å²) in [5.74, 6) is -0.276. The summed E-state index contributed by atoms with van der Waals surface area (Å²) in [6.07, 6.45) is 1.65. The molecule has 1 unspecified atom stereocenters. The van der Waals surface area contributed by atoms with Crippen molar-refractivity contribution in [3.63, 3.8) is 0 Å². The molecule has 13 heavy (non-hydrogen) atoms. The molecule has 0 aromatic rings. The second kappa shape index (κ2) is 2.70. The van der Waals surface area contributed by atoms with Crippen molar-refractivity contribution >= 4 is 17.3 Å². The van der Waals surface area contributed by atoms with E-state index in [0.717, 1.165) is 5.57 Å². The highest BCUT2D eigenvalue weighted by molar-refractivity contribution is 7.80. The van der Waals surface area contributed by atoms with Gasteiger partial charge in [-0.25, -0.2) is 0 Å². The van der Waals surface area contributed by atoms with Crippen molar-refractivity contribution in [2.45, 2.75) is 13.1 Å². The summed E-state index contributed by atoms with van der Waals surface area (Å²) in [5, 5.41) is 6.26. The average Bonchev–Trinajstić information content (AvgIpc) is 2.32. The first-order chi connectivity index (χ1) is 6.09. The van der Waals surface area contributed by atoms with Gasteiger partial charge in [-0.3, -0.25) is 0 Å². The molecule has 0 saturated carbocycles. The van der Waals surface area contributed by atoms with E-state index >= 15 is 0 Å². The third-order valence-corrected chi connectivity index (χ3v) is 2.67. The number of rotatable bonds is 0. The summed E-state index contributed by atoms with van der Waals surface area (Å²) < 4.78 is 13.1. The first-order valence-electron chi connectivity index (χ1n) is 3.98. The van der Waals surface area contributed by atoms with E-state index < -0.39 is 0 Å². The van der Waals surface area contributed by atoms with Crippen LogP contribution in [0.2, 0.25) is 0 Å². The van der Waals surface area contributed by atoms with E-state index in [0.29, 0.717) is 10.7 Å². The third kappa shape index (κ3) is 1.19. The topological polar surface area (TPSA) is 27.3 Å². The maximum atomic E-state index is 13.1. The Morgan fingerprint density at radius 3 is 2.92 bits per heavy atom. The minimum absolute atomic E-state index is 0.191. The van der Waals surface area contributed by atoms with Gasteiger partial charge in [0.15, 0.2) is 11.1 Å².